The van der Waals surface area contributed by atoms with Crippen molar-refractivity contribution in [3.8, 4) is 5.75 Å². The van der Waals surface area contributed by atoms with E-state index >= 15 is 0 Å². The van der Waals surface area contributed by atoms with E-state index in [9.17, 15) is 17.6 Å². The third-order valence-electron chi connectivity index (χ3n) is 2.18. The third-order valence-corrected chi connectivity index (χ3v) is 2.38. The van der Waals surface area contributed by atoms with E-state index in [2.05, 4.69) is 9.97 Å². The zero-order valence-corrected chi connectivity index (χ0v) is 9.89. The zero-order chi connectivity index (χ0) is 14.0. The lowest BCUT2D eigenvalue weighted by Gasteiger charge is -2.08. The minimum Gasteiger partial charge on any atom is -0.485 e. The summed E-state index contributed by atoms with van der Waals surface area (Å²) in [5, 5.41) is -0.0403. The Morgan fingerprint density at radius 1 is 1.00 bits per heavy atom. The van der Waals surface area contributed by atoms with Crippen LogP contribution in [0.4, 0.5) is 17.6 Å². The zero-order valence-electron chi connectivity index (χ0n) is 9.13. The van der Waals surface area contributed by atoms with Crippen molar-refractivity contribution in [2.75, 3.05) is 0 Å². The van der Waals surface area contributed by atoms with Crippen molar-refractivity contribution >= 4 is 11.6 Å². The lowest BCUT2D eigenvalue weighted by atomic mass is 10.2. The SMILES string of the molecule is Fc1cc(F)c(F)c(COc2cnc(Cl)nc2)c1F. The second-order valence-electron chi connectivity index (χ2n) is 3.42. The summed E-state index contributed by atoms with van der Waals surface area (Å²) in [6.07, 6.45) is 2.31. The van der Waals surface area contributed by atoms with Crippen LogP contribution in [0.25, 0.3) is 0 Å². The molecule has 1 aromatic heterocycles. The Labute approximate surface area is 109 Å². The van der Waals surface area contributed by atoms with Crippen molar-refractivity contribution < 1.29 is 22.3 Å². The molecule has 0 unspecified atom stereocenters. The van der Waals surface area contributed by atoms with Gasteiger partial charge in [0.25, 0.3) is 0 Å². The van der Waals surface area contributed by atoms with E-state index in [4.69, 9.17) is 16.3 Å². The fourth-order valence-electron chi connectivity index (χ4n) is 1.28. The smallest absolute Gasteiger partial charge is 0.222 e. The number of nitrogens with zero attached hydrogens (tertiary/aromatic N) is 2. The maximum absolute atomic E-state index is 13.3. The first-order chi connectivity index (χ1) is 8.99. The van der Waals surface area contributed by atoms with Crippen molar-refractivity contribution in [3.63, 3.8) is 0 Å². The maximum Gasteiger partial charge on any atom is 0.222 e. The molecule has 0 atom stereocenters. The average molecular weight is 293 g/mol. The Hall–Kier alpha value is -1.89. The quantitative estimate of drug-likeness (QED) is 0.495. The number of aromatic nitrogens is 2. The van der Waals surface area contributed by atoms with Gasteiger partial charge in [0, 0.05) is 6.07 Å². The molecule has 1 aromatic carbocycles. The van der Waals surface area contributed by atoms with E-state index in [-0.39, 0.29) is 17.1 Å². The summed E-state index contributed by atoms with van der Waals surface area (Å²) in [7, 11) is 0. The van der Waals surface area contributed by atoms with E-state index in [0.29, 0.717) is 0 Å². The molecule has 1 heterocycles. The monoisotopic (exact) mass is 292 g/mol. The molecule has 0 spiro atoms. The number of halogens is 5. The standard InChI is InChI=1S/C11H5ClF4N2O/c12-11-17-2-5(3-18-11)19-4-6-9(15)7(13)1-8(14)10(6)16/h1-3H,4H2. The molecule has 0 bridgehead atoms. The van der Waals surface area contributed by atoms with Gasteiger partial charge in [-0.3, -0.25) is 0 Å². The van der Waals surface area contributed by atoms with Gasteiger partial charge in [-0.15, -0.1) is 0 Å². The summed E-state index contributed by atoms with van der Waals surface area (Å²) in [5.41, 5.74) is -0.854. The molecule has 19 heavy (non-hydrogen) atoms. The van der Waals surface area contributed by atoms with Gasteiger partial charge < -0.3 is 4.74 Å². The van der Waals surface area contributed by atoms with Crippen LogP contribution >= 0.6 is 11.6 Å². The summed E-state index contributed by atoms with van der Waals surface area (Å²) < 4.78 is 57.4. The van der Waals surface area contributed by atoms with Gasteiger partial charge in [0.1, 0.15) is 6.61 Å². The lowest BCUT2D eigenvalue weighted by Crippen LogP contribution is -2.06. The summed E-state index contributed by atoms with van der Waals surface area (Å²) in [6, 6.07) is 0.125. The van der Waals surface area contributed by atoms with Gasteiger partial charge in [-0.1, -0.05) is 0 Å². The largest absolute Gasteiger partial charge is 0.485 e. The highest BCUT2D eigenvalue weighted by atomic mass is 35.5. The molecule has 0 amide bonds. The molecule has 0 aliphatic rings. The summed E-state index contributed by atoms with van der Waals surface area (Å²) in [6.45, 7) is -0.711. The minimum atomic E-state index is -1.51. The molecule has 2 aromatic rings. The van der Waals surface area contributed by atoms with Gasteiger partial charge >= 0.3 is 0 Å². The first-order valence-electron chi connectivity index (χ1n) is 4.91. The molecular weight excluding hydrogens is 288 g/mol. The molecule has 8 heteroatoms. The second-order valence-corrected chi connectivity index (χ2v) is 3.76. The van der Waals surface area contributed by atoms with Crippen molar-refractivity contribution in [1.82, 2.24) is 9.97 Å². The Morgan fingerprint density at radius 2 is 1.53 bits per heavy atom. The van der Waals surface area contributed by atoms with Gasteiger partial charge in [0.2, 0.25) is 5.28 Å². The second kappa shape index (κ2) is 5.40. The van der Waals surface area contributed by atoms with Crippen LogP contribution in [0.1, 0.15) is 5.56 Å². The molecule has 0 aliphatic heterocycles. The minimum absolute atomic E-state index is 0.0403. The van der Waals surface area contributed by atoms with Gasteiger partial charge in [-0.2, -0.15) is 0 Å². The van der Waals surface area contributed by atoms with Crippen LogP contribution in [-0.4, -0.2) is 9.97 Å². The third kappa shape index (κ3) is 2.93. The van der Waals surface area contributed by atoms with Gasteiger partial charge in [0.05, 0.1) is 18.0 Å². The van der Waals surface area contributed by atoms with Crippen molar-refractivity contribution in [2.45, 2.75) is 6.61 Å². The highest BCUT2D eigenvalue weighted by molar-refractivity contribution is 6.28. The molecule has 100 valence electrons. The van der Waals surface area contributed by atoms with Crippen LogP contribution in [0, 0.1) is 23.3 Å². The highest BCUT2D eigenvalue weighted by Gasteiger charge is 2.19. The summed E-state index contributed by atoms with van der Waals surface area (Å²) in [5.74, 6) is -5.95. The van der Waals surface area contributed by atoms with Crippen molar-refractivity contribution in [1.29, 1.82) is 0 Å². The fourth-order valence-corrected chi connectivity index (χ4v) is 1.38. The van der Waals surface area contributed by atoms with Crippen LogP contribution in [0.3, 0.4) is 0 Å². The number of hydrogen-bond acceptors (Lipinski definition) is 3. The van der Waals surface area contributed by atoms with Crippen LogP contribution in [-0.2, 0) is 6.61 Å². The fraction of sp³-hybridized carbons (Fsp3) is 0.0909. The first kappa shape index (κ1) is 13.5. The van der Waals surface area contributed by atoms with E-state index in [1.807, 2.05) is 0 Å². The van der Waals surface area contributed by atoms with E-state index < -0.39 is 35.4 Å². The van der Waals surface area contributed by atoms with Gasteiger partial charge in [-0.05, 0) is 11.6 Å². The normalized spacial score (nSPS) is 10.6. The van der Waals surface area contributed by atoms with Crippen LogP contribution in [0.5, 0.6) is 5.75 Å². The predicted molar refractivity (Wildman–Crippen MR) is 57.6 cm³/mol. The number of rotatable bonds is 3. The highest BCUT2D eigenvalue weighted by Crippen LogP contribution is 2.21. The number of benzene rings is 1. The molecule has 0 fully saturated rings. The Bertz CT molecular complexity index is 580. The molecular formula is C11H5ClF4N2O. The summed E-state index contributed by atoms with van der Waals surface area (Å²) in [4.78, 5) is 7.13. The Kier molecular flexibility index (Phi) is 3.84. The van der Waals surface area contributed by atoms with E-state index in [1.54, 1.807) is 0 Å². The first-order valence-corrected chi connectivity index (χ1v) is 5.29. The molecule has 0 saturated heterocycles. The summed E-state index contributed by atoms with van der Waals surface area (Å²) >= 11 is 5.42. The number of ether oxygens (including phenoxy) is 1. The predicted octanol–water partition coefficient (Wildman–Crippen LogP) is 3.27. The molecule has 0 N–H and O–H groups in total. The average Bonchev–Trinajstić information content (AvgIpc) is 2.38. The van der Waals surface area contributed by atoms with Crippen molar-refractivity contribution in [2.24, 2.45) is 0 Å². The lowest BCUT2D eigenvalue weighted by molar-refractivity contribution is 0.283. The van der Waals surface area contributed by atoms with Crippen LogP contribution in [0.2, 0.25) is 5.28 Å². The number of hydrogen-bond donors (Lipinski definition) is 0. The van der Waals surface area contributed by atoms with Gasteiger partial charge in [-0.25, -0.2) is 27.5 Å². The van der Waals surface area contributed by atoms with E-state index in [0.717, 1.165) is 12.4 Å². The molecule has 2 rings (SSSR count). The van der Waals surface area contributed by atoms with Crippen LogP contribution < -0.4 is 4.74 Å². The molecule has 0 aliphatic carbocycles. The Balaban J connectivity index is 2.22. The molecule has 3 nitrogen and oxygen atoms in total. The molecule has 0 saturated carbocycles. The van der Waals surface area contributed by atoms with Crippen molar-refractivity contribution in [3.05, 3.63) is 52.6 Å². The topological polar surface area (TPSA) is 35.0 Å². The van der Waals surface area contributed by atoms with Gasteiger partial charge in [0.15, 0.2) is 29.0 Å². The van der Waals surface area contributed by atoms with E-state index in [1.165, 1.54) is 0 Å². The Morgan fingerprint density at radius 3 is 2.05 bits per heavy atom. The maximum atomic E-state index is 13.3. The van der Waals surface area contributed by atoms with Crippen LogP contribution in [0.15, 0.2) is 18.5 Å². The molecule has 0 radical (unpaired) electrons.